The number of nitrogens with zero attached hydrogens (tertiary/aromatic N) is 3. The molecule has 2 aliphatic carbocycles. The molecule has 2 heterocycles. The van der Waals surface area contributed by atoms with Gasteiger partial charge in [-0.05, 0) is 63.5 Å². The van der Waals surface area contributed by atoms with Crippen molar-refractivity contribution >= 4 is 43.9 Å². The second kappa shape index (κ2) is 21.2. The molecule has 22 heteroatoms. The number of aromatic nitrogens is 2. The van der Waals surface area contributed by atoms with Crippen LogP contribution in [0.4, 0.5) is 0 Å². The molecular formula is C23H26K4N4O12S2. The minimum Gasteiger partial charge on any atom is -0.748 e. The monoisotopic (exact) mass is 770 g/mol. The van der Waals surface area contributed by atoms with Gasteiger partial charge in [0.2, 0.25) is 0 Å². The molecule has 0 aromatic carbocycles. The summed E-state index contributed by atoms with van der Waals surface area (Å²) in [4.78, 5) is 41.7. The Morgan fingerprint density at radius 2 is 1.38 bits per heavy atom. The number of hydrogen-bond donors (Lipinski definition) is 1. The zero-order valence-corrected chi connectivity index (χ0v) is 39.6. The SMILES string of the molecule is O=C([O-])C1=NN(C2CCC(S(=O)(=O)[O-])CC2)C(=O)C1=CC=Cc1c(CO[O-])[nH]n(C2CCC(S(=O)(=O)[O-])CC2)c1=O.[K+].[K+].[K+].[K+]. The van der Waals surface area contributed by atoms with Crippen molar-refractivity contribution in [2.75, 3.05) is 0 Å². The van der Waals surface area contributed by atoms with Crippen LogP contribution < -0.4 is 221 Å². The minimum absolute atomic E-state index is 0. The maximum Gasteiger partial charge on any atom is 1.00 e. The zero-order valence-electron chi connectivity index (χ0n) is 25.5. The van der Waals surface area contributed by atoms with Gasteiger partial charge in [-0.2, -0.15) is 5.10 Å². The Bertz CT molecular complexity index is 1570. The Kier molecular flexibility index (Phi) is 22.8. The van der Waals surface area contributed by atoms with Crippen molar-refractivity contribution in [2.24, 2.45) is 5.10 Å². The van der Waals surface area contributed by atoms with E-state index in [0.29, 0.717) is 0 Å². The van der Waals surface area contributed by atoms with E-state index in [-0.39, 0.29) is 274 Å². The Hall–Kier alpha value is 3.39. The third-order valence-corrected chi connectivity index (χ3v) is 10.2. The van der Waals surface area contributed by atoms with Gasteiger partial charge < -0.3 is 29.2 Å². The first-order chi connectivity index (χ1) is 19.2. The number of hydrazone groups is 1. The molecule has 1 N–H and O–H groups in total. The number of allylic oxidation sites excluding steroid dienone is 2. The van der Waals surface area contributed by atoms with E-state index >= 15 is 0 Å². The summed E-state index contributed by atoms with van der Waals surface area (Å²) in [5.74, 6) is -2.53. The largest absolute Gasteiger partial charge is 1.00 e. The topological polar surface area (TPSA) is 257 Å². The molecule has 3 aliphatic rings. The Morgan fingerprint density at radius 1 is 0.889 bits per heavy atom. The van der Waals surface area contributed by atoms with Crippen LogP contribution in [0.2, 0.25) is 0 Å². The number of carboxylic acid groups (broad SMARTS) is 1. The van der Waals surface area contributed by atoms with Crippen LogP contribution in [-0.2, 0) is 41.3 Å². The standard InChI is InChI=1S/C23H30N4O12S2.4K/c28-21-17(19(12-39-32)24-26(21)13-4-8-15(9-5-13)40(33,34)35)2-1-3-18-20(23(30)31)25-27(22(18)29)14-6-10-16(11-7-14)41(36,37)38;;;;/h1-3,13-16,24,32H,4-12H2,(H,30,31)(H,33,34,35)(H,36,37,38);;;;/q;4*+1/p-4. The van der Waals surface area contributed by atoms with E-state index in [1.165, 1.54) is 16.8 Å². The molecule has 0 radical (unpaired) electrons. The summed E-state index contributed by atoms with van der Waals surface area (Å²) in [6, 6.07) is -1.10. The maximum atomic E-state index is 13.1. The van der Waals surface area contributed by atoms with Gasteiger partial charge in [0.25, 0.3) is 11.5 Å². The normalized spacial score (nSPS) is 24.7. The van der Waals surface area contributed by atoms with Crippen molar-refractivity contribution in [1.29, 1.82) is 0 Å². The van der Waals surface area contributed by atoms with Crippen LogP contribution in [0.25, 0.3) is 6.08 Å². The Balaban J connectivity index is 0.00000484. The number of carbonyl (C=O) groups excluding carboxylic acids is 2. The van der Waals surface area contributed by atoms with Crippen LogP contribution in [-0.4, -0.2) is 74.9 Å². The molecule has 45 heavy (non-hydrogen) atoms. The van der Waals surface area contributed by atoms with Crippen molar-refractivity contribution in [3.05, 3.63) is 39.3 Å². The molecule has 226 valence electrons. The summed E-state index contributed by atoms with van der Waals surface area (Å²) >= 11 is 0. The van der Waals surface area contributed by atoms with Gasteiger partial charge in [-0.15, -0.1) is 0 Å². The summed E-state index contributed by atoms with van der Waals surface area (Å²) < 4.78 is 69.0. The van der Waals surface area contributed by atoms with Crippen molar-refractivity contribution in [3.8, 4) is 0 Å². The molecule has 1 aromatic heterocycles. The van der Waals surface area contributed by atoms with E-state index in [4.69, 9.17) is 0 Å². The van der Waals surface area contributed by atoms with E-state index in [1.54, 1.807) is 0 Å². The first-order valence-electron chi connectivity index (χ1n) is 12.7. The van der Waals surface area contributed by atoms with Gasteiger partial charge in [0.1, 0.15) is 5.71 Å². The second-order valence-electron chi connectivity index (χ2n) is 10.1. The fourth-order valence-electron chi connectivity index (χ4n) is 5.50. The number of nitrogens with one attached hydrogen (secondary N) is 1. The van der Waals surface area contributed by atoms with Crippen LogP contribution in [0, 0.1) is 0 Å². The van der Waals surface area contributed by atoms with E-state index in [2.05, 4.69) is 15.1 Å². The molecule has 2 fully saturated rings. The molecule has 0 unspecified atom stereocenters. The molecule has 0 bridgehead atoms. The van der Waals surface area contributed by atoms with Crippen LogP contribution in [0.3, 0.4) is 0 Å². The molecule has 2 saturated carbocycles. The van der Waals surface area contributed by atoms with Gasteiger partial charge in [-0.25, -0.2) is 26.5 Å². The molecule has 1 amide bonds. The third-order valence-electron chi connectivity index (χ3n) is 7.67. The number of carbonyl (C=O) groups is 2. The molecule has 0 saturated heterocycles. The van der Waals surface area contributed by atoms with E-state index in [1.807, 2.05) is 0 Å². The van der Waals surface area contributed by atoms with Gasteiger partial charge in [-0.3, -0.25) is 14.7 Å². The molecule has 4 rings (SSSR count). The predicted octanol–water partition coefficient (Wildman–Crippen LogP) is -14.2. The van der Waals surface area contributed by atoms with Crippen LogP contribution in [0.15, 0.2) is 27.6 Å². The average molecular weight is 771 g/mol. The number of rotatable bonds is 9. The summed E-state index contributed by atoms with van der Waals surface area (Å²) in [6.45, 7) is -0.539. The first kappa shape index (κ1) is 48.4. The molecule has 0 atom stereocenters. The van der Waals surface area contributed by atoms with Gasteiger partial charge in [0.05, 0.1) is 61.7 Å². The number of H-pyrrole nitrogens is 1. The van der Waals surface area contributed by atoms with E-state index in [9.17, 15) is 50.7 Å². The Labute approximate surface area is 430 Å². The van der Waals surface area contributed by atoms with Gasteiger partial charge >= 0.3 is 206 Å². The van der Waals surface area contributed by atoms with Gasteiger partial charge in [0, 0.05) is 10.5 Å². The fraction of sp³-hybridized carbons (Fsp3) is 0.565. The maximum absolute atomic E-state index is 13.1. The van der Waals surface area contributed by atoms with Crippen molar-refractivity contribution < 1.29 is 256 Å². The molecular weight excluding hydrogens is 745 g/mol. The molecule has 1 aliphatic heterocycles. The minimum atomic E-state index is -4.49. The number of amides is 1. The number of hydrogen-bond acceptors (Lipinski definition) is 13. The molecule has 1 aromatic rings. The van der Waals surface area contributed by atoms with Crippen molar-refractivity contribution in [1.82, 2.24) is 14.8 Å². The molecule has 0 spiro atoms. The first-order valence-corrected chi connectivity index (χ1v) is 15.7. The van der Waals surface area contributed by atoms with E-state index < -0.39 is 72.6 Å². The summed E-state index contributed by atoms with van der Waals surface area (Å²) in [6.07, 6.45) is 4.33. The summed E-state index contributed by atoms with van der Waals surface area (Å²) in [5, 5.41) is 27.9. The average Bonchev–Trinajstić information content (AvgIpc) is 3.40. The predicted molar refractivity (Wildman–Crippen MR) is 133 cm³/mol. The van der Waals surface area contributed by atoms with Crippen LogP contribution in [0.5, 0.6) is 0 Å². The van der Waals surface area contributed by atoms with Crippen LogP contribution >= 0.6 is 0 Å². The smallest absolute Gasteiger partial charge is 0.748 e. The number of aromatic amines is 1. The zero-order chi connectivity index (χ0) is 30.1. The molecule has 16 nitrogen and oxygen atoms in total. The van der Waals surface area contributed by atoms with Crippen LogP contribution in [0.1, 0.15) is 68.7 Å². The number of aliphatic carboxylic acids is 1. The summed E-state index contributed by atoms with van der Waals surface area (Å²) in [5.41, 5.74) is -1.55. The van der Waals surface area contributed by atoms with Crippen molar-refractivity contribution in [3.63, 3.8) is 0 Å². The Morgan fingerprint density at radius 3 is 1.82 bits per heavy atom. The van der Waals surface area contributed by atoms with Gasteiger partial charge in [-0.1, -0.05) is 6.08 Å². The summed E-state index contributed by atoms with van der Waals surface area (Å²) in [7, 11) is -8.95. The second-order valence-corrected chi connectivity index (χ2v) is 13.4. The van der Waals surface area contributed by atoms with Gasteiger partial charge in [0.15, 0.2) is 0 Å². The number of carboxylic acids is 1. The third kappa shape index (κ3) is 12.5. The fourth-order valence-corrected chi connectivity index (χ4v) is 7.20. The van der Waals surface area contributed by atoms with E-state index in [0.717, 1.165) is 11.1 Å². The quantitative estimate of drug-likeness (QED) is 0.0808. The van der Waals surface area contributed by atoms with Crippen molar-refractivity contribution in [2.45, 2.75) is 80.6 Å².